The molecule has 25 heterocycles. The van der Waals surface area contributed by atoms with Gasteiger partial charge in [0, 0.05) is 181 Å². The second-order valence-electron chi connectivity index (χ2n) is 25.5. The lowest BCUT2D eigenvalue weighted by atomic mass is 10.2. The lowest BCUT2D eigenvalue weighted by Gasteiger charge is -2.00. The van der Waals surface area contributed by atoms with E-state index >= 15 is 0 Å². The molecule has 103 heavy (non-hydrogen) atoms. The number of nitrogens with zero attached hydrogens (tertiary/aromatic N) is 18. The molecule has 0 bridgehead atoms. The van der Waals surface area contributed by atoms with Crippen molar-refractivity contribution in [3.8, 4) is 62.1 Å². The molecular weight excluding hydrogens is 1330 g/mol. The molecule has 20 aromatic heterocycles. The fraction of sp³-hybridized carbons (Fsp3) is 0.0897. The van der Waals surface area contributed by atoms with Gasteiger partial charge in [0.15, 0.2) is 18.1 Å². The Morgan fingerprint density at radius 1 is 0.369 bits per heavy atom. The molecule has 23 nitrogen and oxygen atoms in total. The first-order valence-corrected chi connectivity index (χ1v) is 34.7. The summed E-state index contributed by atoms with van der Waals surface area (Å²) in [7, 11) is 2.06. The number of hydrogen-bond donors (Lipinski definition) is 0. The van der Waals surface area contributed by atoms with Crippen LogP contribution in [0.2, 0.25) is 0 Å². The summed E-state index contributed by atoms with van der Waals surface area (Å²) in [5.74, 6) is 3.25. The maximum atomic E-state index is 7.92. The number of aromatic nitrogens is 18. The van der Waals surface area contributed by atoms with Crippen LogP contribution in [0.1, 0.15) is 31.9 Å². The van der Waals surface area contributed by atoms with Crippen LogP contribution in [0.3, 0.4) is 0 Å². The molecule has 1 aromatic carbocycles. The molecule has 0 saturated heterocycles. The van der Waals surface area contributed by atoms with Crippen LogP contribution < -0.4 is 22.8 Å². The Hall–Kier alpha value is -13.4. The summed E-state index contributed by atoms with van der Waals surface area (Å²) < 4.78 is 73.1. The van der Waals surface area contributed by atoms with Crippen LogP contribution in [-0.2, 0) is 46.7 Å². The van der Waals surface area contributed by atoms with E-state index in [1.807, 2.05) is 137 Å². The van der Waals surface area contributed by atoms with Crippen molar-refractivity contribution in [3.05, 3.63) is 243 Å². The standard InChI is InChI=1S/C20H13N4S.2C15H11N4O.C14H8N3O2.C14H8N3OS/c1-2-4-14(5-3-1)24-17-7-9-22-11-16(17)18-19(24)23-12-13-6-8-21-10-15(13)20(23)25-18;2*1-18-12-3-5-17-7-11(12)13-14(18)19-8-9-2-4-16-6-10(9)15(19)20-13;1-3-15-5-9-8(1)7-17-13(9)19-12-10-6-16-4-2-11(10)18-14(12)17;1-3-15-5-9-8(1)7-17-13(9)18-12-10-6-16-4-2-11(10)19-14(12)17/h1-11H,12H2;2*2-7H,8H2,1H3;2*1-6H,7H2/q5*+1/i;1D3;;;. The Kier molecular flexibility index (Phi) is 11.7. The molecule has 25 heteroatoms. The van der Waals surface area contributed by atoms with Crippen molar-refractivity contribution < 1.29 is 49.0 Å². The zero-order valence-corrected chi connectivity index (χ0v) is 55.8. The average Bonchev–Trinajstić information content (AvgIpc) is 1.57. The summed E-state index contributed by atoms with van der Waals surface area (Å²) in [5.41, 5.74) is 23.2. The number of rotatable bonds is 1. The molecule has 21 aromatic rings. The molecule has 26 rings (SSSR count). The van der Waals surface area contributed by atoms with Crippen molar-refractivity contribution >= 4 is 131 Å². The number of para-hydroxylation sites is 1. The van der Waals surface area contributed by atoms with Gasteiger partial charge in [0.1, 0.15) is 63.3 Å². The molecule has 0 radical (unpaired) electrons. The number of benzene rings is 1. The number of fused-ring (bicyclic) bond motifs is 35. The number of hydrogen-bond acceptors (Lipinski definition) is 17. The summed E-state index contributed by atoms with van der Waals surface area (Å²) in [4.78, 5) is 43.2. The third kappa shape index (κ3) is 8.44. The third-order valence-electron chi connectivity index (χ3n) is 20.0. The van der Waals surface area contributed by atoms with Crippen molar-refractivity contribution in [1.29, 1.82) is 0 Å². The minimum atomic E-state index is -2.31. The monoisotopic (exact) mass is 1390 g/mol. The second kappa shape index (κ2) is 22.1. The third-order valence-corrected chi connectivity index (χ3v) is 22.4. The number of aryl methyl sites for hydroxylation is 2. The van der Waals surface area contributed by atoms with Crippen molar-refractivity contribution in [1.82, 2.24) is 63.5 Å². The number of furan rings is 1. The van der Waals surface area contributed by atoms with E-state index in [9.17, 15) is 0 Å². The first-order chi connectivity index (χ1) is 52.1. The number of pyridine rings is 10. The van der Waals surface area contributed by atoms with Gasteiger partial charge < -0.3 is 22.1 Å². The average molecular weight is 1390 g/mol. The fourth-order valence-electron chi connectivity index (χ4n) is 15.3. The Bertz CT molecular complexity index is 7100. The fourth-order valence-corrected chi connectivity index (χ4v) is 17.7. The van der Waals surface area contributed by atoms with E-state index < -0.39 is 6.98 Å². The summed E-state index contributed by atoms with van der Waals surface area (Å²) in [6.45, 7) is 1.61. The van der Waals surface area contributed by atoms with Crippen LogP contribution in [-0.4, -0.2) is 63.5 Å². The molecule has 0 atom stereocenters. The molecular formula is C78H51N18O5S2+5. The van der Waals surface area contributed by atoms with E-state index in [2.05, 4.69) is 128 Å². The summed E-state index contributed by atoms with van der Waals surface area (Å²) in [6.07, 6.45) is 36.3. The number of oxazole rings is 4. The molecule has 0 unspecified atom stereocenters. The highest BCUT2D eigenvalue weighted by atomic mass is 32.1. The lowest BCUT2D eigenvalue weighted by Crippen LogP contribution is -2.32. The quantitative estimate of drug-likeness (QED) is 0.139. The van der Waals surface area contributed by atoms with Crippen molar-refractivity contribution in [3.63, 3.8) is 0 Å². The van der Waals surface area contributed by atoms with Gasteiger partial charge in [-0.15, -0.1) is 9.13 Å². The van der Waals surface area contributed by atoms with Gasteiger partial charge in [-0.25, -0.2) is 13.7 Å². The molecule has 0 aliphatic carbocycles. The van der Waals surface area contributed by atoms with Crippen molar-refractivity contribution in [2.24, 2.45) is 14.0 Å². The normalized spacial score (nSPS) is 13.5. The second-order valence-corrected chi connectivity index (χ2v) is 27.6. The van der Waals surface area contributed by atoms with Gasteiger partial charge in [0.25, 0.3) is 17.4 Å². The molecule has 0 fully saturated rings. The zero-order valence-electron chi connectivity index (χ0n) is 57.2. The zero-order chi connectivity index (χ0) is 70.2. The highest BCUT2D eigenvalue weighted by Crippen LogP contribution is 2.43. The topological polar surface area (TPSA) is 229 Å². The van der Waals surface area contributed by atoms with Gasteiger partial charge >= 0.3 is 39.3 Å². The Morgan fingerprint density at radius 2 is 0.816 bits per heavy atom. The molecule has 5 aliphatic heterocycles. The van der Waals surface area contributed by atoms with Crippen molar-refractivity contribution in [2.45, 2.75) is 32.7 Å². The first-order valence-electron chi connectivity index (χ1n) is 34.6. The minimum Gasteiger partial charge on any atom is -0.413 e. The van der Waals surface area contributed by atoms with Gasteiger partial charge in [-0.2, -0.15) is 13.7 Å². The van der Waals surface area contributed by atoms with Crippen LogP contribution in [0.5, 0.6) is 0 Å². The Labute approximate surface area is 591 Å². The molecule has 490 valence electrons. The highest BCUT2D eigenvalue weighted by molar-refractivity contribution is 7.25. The number of thiophene rings is 1. The van der Waals surface area contributed by atoms with Gasteiger partial charge in [-0.3, -0.25) is 49.8 Å². The summed E-state index contributed by atoms with van der Waals surface area (Å²) >= 11 is 3.59. The molecule has 5 aliphatic rings. The van der Waals surface area contributed by atoms with Gasteiger partial charge in [-0.05, 0) is 48.5 Å². The number of thiazole rings is 1. The first kappa shape index (κ1) is 54.5. The molecule has 0 N–H and O–H groups in total. The van der Waals surface area contributed by atoms with E-state index in [-0.39, 0.29) is 0 Å². The Balaban J connectivity index is 0.0000000830. The lowest BCUT2D eigenvalue weighted by molar-refractivity contribution is -0.655. The van der Waals surface area contributed by atoms with Gasteiger partial charge in [0.2, 0.25) is 16.7 Å². The maximum absolute atomic E-state index is 7.92. The van der Waals surface area contributed by atoms with Crippen LogP contribution in [0.25, 0.3) is 170 Å². The SMILES string of the molecule is Cn1c2ccncc2c2oc3[n+](c21)Cc1ccncc1-3.[2H]C([2H])([2H])n1c2ccncc2c2oc3[n+](c21)Cc1ccncc1-3.c1cc2c(cn1)-c1oc3c4cnccc4oc3[n+]1C2.c1cc2c(cn1)-c1oc3c4cnccc4sc3[n+]1C2.c1ccc(-n2c3ccncc3c3sc4[n+](c32)Cc2ccncc2-4)cc1. The van der Waals surface area contributed by atoms with E-state index in [1.165, 1.54) is 73.9 Å². The molecule has 0 amide bonds. The van der Waals surface area contributed by atoms with Crippen molar-refractivity contribution in [2.75, 3.05) is 0 Å². The van der Waals surface area contributed by atoms with Crippen LogP contribution >= 0.6 is 22.7 Å². The van der Waals surface area contributed by atoms with Gasteiger partial charge in [0.05, 0.1) is 61.8 Å². The van der Waals surface area contributed by atoms with E-state index in [0.717, 1.165) is 127 Å². The summed E-state index contributed by atoms with van der Waals surface area (Å²) in [6, 6.07) is 30.4. The predicted molar refractivity (Wildman–Crippen MR) is 383 cm³/mol. The van der Waals surface area contributed by atoms with Crippen LogP contribution in [0, 0.1) is 0 Å². The largest absolute Gasteiger partial charge is 0.422 e. The minimum absolute atomic E-state index is 0.550. The highest BCUT2D eigenvalue weighted by Gasteiger charge is 2.41. The summed E-state index contributed by atoms with van der Waals surface area (Å²) in [5, 5.41) is 6.24. The van der Waals surface area contributed by atoms with E-state index in [0.29, 0.717) is 34.6 Å². The van der Waals surface area contributed by atoms with Crippen LogP contribution in [0.4, 0.5) is 0 Å². The molecule has 0 spiro atoms. The maximum Gasteiger partial charge on any atom is 0.422 e. The van der Waals surface area contributed by atoms with Gasteiger partial charge in [-0.1, -0.05) is 40.9 Å². The Morgan fingerprint density at radius 3 is 1.44 bits per heavy atom. The predicted octanol–water partition coefficient (Wildman–Crippen LogP) is 13.1. The van der Waals surface area contributed by atoms with Crippen LogP contribution in [0.15, 0.2) is 237 Å². The molecule has 0 saturated carbocycles. The van der Waals surface area contributed by atoms with E-state index in [1.54, 1.807) is 60.8 Å². The van der Waals surface area contributed by atoms with E-state index in [4.69, 9.17) is 26.2 Å². The smallest absolute Gasteiger partial charge is 0.413 e.